The minimum atomic E-state index is 0.263. The Balaban J connectivity index is 1.27. The van der Waals surface area contributed by atoms with Gasteiger partial charge in [-0.3, -0.25) is 14.7 Å². The van der Waals surface area contributed by atoms with Gasteiger partial charge in [0.05, 0.1) is 13.2 Å². The third kappa shape index (κ3) is 5.98. The number of ether oxygens (including phenoxy) is 1. The molecule has 1 saturated carbocycles. The lowest BCUT2D eigenvalue weighted by molar-refractivity contribution is -0.134. The van der Waals surface area contributed by atoms with Gasteiger partial charge in [-0.2, -0.15) is 0 Å². The lowest BCUT2D eigenvalue weighted by atomic mass is 10.1. The van der Waals surface area contributed by atoms with Crippen molar-refractivity contribution in [3.8, 4) is 0 Å². The quantitative estimate of drug-likeness (QED) is 0.537. The van der Waals surface area contributed by atoms with Crippen LogP contribution >= 0.6 is 0 Å². The van der Waals surface area contributed by atoms with Gasteiger partial charge in [0.1, 0.15) is 0 Å². The van der Waals surface area contributed by atoms with Crippen LogP contribution in [-0.2, 0) is 22.6 Å². The van der Waals surface area contributed by atoms with Crippen molar-refractivity contribution in [2.45, 2.75) is 51.2 Å². The average molecular weight is 428 g/mol. The summed E-state index contributed by atoms with van der Waals surface area (Å²) in [4.78, 5) is 21.6. The Labute approximate surface area is 186 Å². The Kier molecular flexibility index (Phi) is 7.81. The van der Waals surface area contributed by atoms with Crippen LogP contribution in [0.2, 0.25) is 0 Å². The van der Waals surface area contributed by atoms with Crippen LogP contribution in [0.15, 0.2) is 29.3 Å². The number of rotatable bonds is 6. The van der Waals surface area contributed by atoms with Crippen molar-refractivity contribution in [2.24, 2.45) is 10.9 Å². The third-order valence-electron chi connectivity index (χ3n) is 6.83. The van der Waals surface area contributed by atoms with E-state index in [1.165, 1.54) is 24.0 Å². The number of guanidine groups is 1. The monoisotopic (exact) mass is 427 g/mol. The molecular weight excluding hydrogens is 390 g/mol. The Morgan fingerprint density at radius 3 is 2.58 bits per heavy atom. The molecule has 3 fully saturated rings. The summed E-state index contributed by atoms with van der Waals surface area (Å²) in [6.45, 7) is 6.94. The summed E-state index contributed by atoms with van der Waals surface area (Å²) in [5.74, 6) is 1.43. The van der Waals surface area contributed by atoms with Gasteiger partial charge in [0.2, 0.25) is 5.91 Å². The molecule has 1 atom stereocenters. The zero-order valence-corrected chi connectivity index (χ0v) is 18.8. The van der Waals surface area contributed by atoms with E-state index in [2.05, 4.69) is 49.7 Å². The second kappa shape index (κ2) is 11.0. The lowest BCUT2D eigenvalue weighted by Crippen LogP contribution is -2.45. The fraction of sp³-hybridized carbons (Fsp3) is 0.667. The highest BCUT2D eigenvalue weighted by Crippen LogP contribution is 2.27. The minimum absolute atomic E-state index is 0.263. The van der Waals surface area contributed by atoms with Crippen molar-refractivity contribution in [1.29, 1.82) is 0 Å². The molecule has 1 aromatic rings. The number of carbonyl (C=O) groups is 1. The summed E-state index contributed by atoms with van der Waals surface area (Å²) in [5.41, 5.74) is 2.64. The second-order valence-electron chi connectivity index (χ2n) is 8.98. The summed E-state index contributed by atoms with van der Waals surface area (Å²) in [7, 11) is 1.81. The highest BCUT2D eigenvalue weighted by Gasteiger charge is 2.32. The maximum Gasteiger partial charge on any atom is 0.225 e. The molecule has 3 aliphatic rings. The van der Waals surface area contributed by atoms with Gasteiger partial charge in [0.25, 0.3) is 0 Å². The maximum atomic E-state index is 12.7. The van der Waals surface area contributed by atoms with E-state index in [-0.39, 0.29) is 12.0 Å². The molecule has 2 heterocycles. The van der Waals surface area contributed by atoms with Crippen molar-refractivity contribution in [1.82, 2.24) is 20.4 Å². The van der Waals surface area contributed by atoms with Crippen molar-refractivity contribution < 1.29 is 9.53 Å². The van der Waals surface area contributed by atoms with Gasteiger partial charge in [0.15, 0.2) is 5.96 Å². The SMILES string of the molecule is CN=C(NCc1ccccc1CN1CCOCC1)NC1CCN(C(=O)C2CCCC2)C1. The molecule has 7 heteroatoms. The lowest BCUT2D eigenvalue weighted by Gasteiger charge is -2.27. The normalized spacial score (nSPS) is 23.3. The van der Waals surface area contributed by atoms with E-state index in [1.54, 1.807) is 0 Å². The number of carbonyl (C=O) groups excluding carboxylic acids is 1. The number of benzene rings is 1. The molecule has 1 aromatic carbocycles. The highest BCUT2D eigenvalue weighted by atomic mass is 16.5. The Bertz CT molecular complexity index is 756. The van der Waals surface area contributed by atoms with E-state index in [0.29, 0.717) is 5.91 Å². The zero-order chi connectivity index (χ0) is 21.5. The van der Waals surface area contributed by atoms with E-state index in [4.69, 9.17) is 4.74 Å². The predicted octanol–water partition coefficient (Wildman–Crippen LogP) is 1.97. The zero-order valence-electron chi connectivity index (χ0n) is 18.8. The van der Waals surface area contributed by atoms with Crippen LogP contribution in [0.5, 0.6) is 0 Å². The molecule has 1 amide bonds. The number of aliphatic imine (C=N–C) groups is 1. The molecule has 170 valence electrons. The van der Waals surface area contributed by atoms with Crippen LogP contribution in [0.1, 0.15) is 43.2 Å². The van der Waals surface area contributed by atoms with E-state index in [0.717, 1.165) is 77.7 Å². The van der Waals surface area contributed by atoms with Crippen molar-refractivity contribution in [3.63, 3.8) is 0 Å². The molecule has 31 heavy (non-hydrogen) atoms. The number of amides is 1. The topological polar surface area (TPSA) is 69.2 Å². The smallest absolute Gasteiger partial charge is 0.225 e. The molecule has 2 N–H and O–H groups in total. The first-order valence-corrected chi connectivity index (χ1v) is 11.9. The minimum Gasteiger partial charge on any atom is -0.379 e. The van der Waals surface area contributed by atoms with Crippen molar-refractivity contribution >= 4 is 11.9 Å². The summed E-state index contributed by atoms with van der Waals surface area (Å²) < 4.78 is 5.47. The van der Waals surface area contributed by atoms with Crippen LogP contribution in [0.25, 0.3) is 0 Å². The van der Waals surface area contributed by atoms with Crippen LogP contribution < -0.4 is 10.6 Å². The highest BCUT2D eigenvalue weighted by molar-refractivity contribution is 5.81. The second-order valence-corrected chi connectivity index (χ2v) is 8.98. The van der Waals surface area contributed by atoms with Gasteiger partial charge in [0, 0.05) is 58.3 Å². The first-order valence-electron chi connectivity index (χ1n) is 11.9. The van der Waals surface area contributed by atoms with Gasteiger partial charge in [-0.05, 0) is 30.4 Å². The molecule has 0 bridgehead atoms. The number of hydrogen-bond donors (Lipinski definition) is 2. The first kappa shape index (κ1) is 22.1. The van der Waals surface area contributed by atoms with Crippen molar-refractivity contribution in [2.75, 3.05) is 46.4 Å². The largest absolute Gasteiger partial charge is 0.379 e. The van der Waals surface area contributed by atoms with Gasteiger partial charge in [-0.25, -0.2) is 0 Å². The van der Waals surface area contributed by atoms with E-state index >= 15 is 0 Å². The van der Waals surface area contributed by atoms with Gasteiger partial charge < -0.3 is 20.3 Å². The maximum absolute atomic E-state index is 12.7. The van der Waals surface area contributed by atoms with Crippen LogP contribution in [0.4, 0.5) is 0 Å². The Hall–Kier alpha value is -2.12. The van der Waals surface area contributed by atoms with Crippen LogP contribution in [0.3, 0.4) is 0 Å². The number of nitrogens with zero attached hydrogens (tertiary/aromatic N) is 3. The molecule has 0 radical (unpaired) electrons. The fourth-order valence-electron chi connectivity index (χ4n) is 4.96. The molecule has 2 aliphatic heterocycles. The molecule has 7 nitrogen and oxygen atoms in total. The van der Waals surface area contributed by atoms with E-state index in [9.17, 15) is 4.79 Å². The molecule has 0 spiro atoms. The average Bonchev–Trinajstić information content (AvgIpc) is 3.50. The molecule has 4 rings (SSSR count). The molecule has 1 aliphatic carbocycles. The standard InChI is InChI=1S/C24H37N5O2/c1-25-24(27-22-10-11-29(18-22)23(30)19-6-2-3-7-19)26-16-20-8-4-5-9-21(20)17-28-12-14-31-15-13-28/h4-5,8-9,19,22H,2-3,6-7,10-18H2,1H3,(H2,25,26,27). The van der Waals surface area contributed by atoms with Gasteiger partial charge in [-0.1, -0.05) is 37.1 Å². The van der Waals surface area contributed by atoms with Gasteiger partial charge in [-0.15, -0.1) is 0 Å². The Morgan fingerprint density at radius 2 is 1.84 bits per heavy atom. The van der Waals surface area contributed by atoms with E-state index < -0.39 is 0 Å². The van der Waals surface area contributed by atoms with E-state index in [1.807, 2.05) is 7.05 Å². The summed E-state index contributed by atoms with van der Waals surface area (Å²) in [6.07, 6.45) is 5.53. The molecular formula is C24H37N5O2. The first-order chi connectivity index (χ1) is 15.2. The van der Waals surface area contributed by atoms with Gasteiger partial charge >= 0.3 is 0 Å². The Morgan fingerprint density at radius 1 is 1.10 bits per heavy atom. The number of likely N-dealkylation sites (tertiary alicyclic amines) is 1. The summed E-state index contributed by atoms with van der Waals surface area (Å²) in [5, 5.41) is 7.01. The third-order valence-corrected chi connectivity index (χ3v) is 6.83. The molecule has 2 saturated heterocycles. The van der Waals surface area contributed by atoms with Crippen LogP contribution in [-0.4, -0.2) is 74.1 Å². The number of morpholine rings is 1. The molecule has 1 unspecified atom stereocenters. The number of nitrogens with one attached hydrogen (secondary N) is 2. The molecule has 0 aromatic heterocycles. The van der Waals surface area contributed by atoms with Crippen molar-refractivity contribution in [3.05, 3.63) is 35.4 Å². The number of hydrogen-bond acceptors (Lipinski definition) is 4. The fourth-order valence-corrected chi connectivity index (χ4v) is 4.96. The summed E-state index contributed by atoms with van der Waals surface area (Å²) >= 11 is 0. The predicted molar refractivity (Wildman–Crippen MR) is 123 cm³/mol. The van der Waals surface area contributed by atoms with Crippen LogP contribution in [0, 0.1) is 5.92 Å². The summed E-state index contributed by atoms with van der Waals surface area (Å²) in [6, 6.07) is 8.88.